The molecule has 2 aromatic carbocycles. The number of nitrogens with zero attached hydrogens (tertiary/aromatic N) is 2. The van der Waals surface area contributed by atoms with Crippen molar-refractivity contribution in [3.05, 3.63) is 59.7 Å². The molecule has 27 heavy (non-hydrogen) atoms. The fraction of sp³-hybridized carbons (Fsp3) is 0.211. The van der Waals surface area contributed by atoms with Crippen molar-refractivity contribution in [1.29, 1.82) is 0 Å². The number of rotatable bonds is 5. The van der Waals surface area contributed by atoms with Gasteiger partial charge in [-0.25, -0.2) is 9.98 Å². The summed E-state index contributed by atoms with van der Waals surface area (Å²) in [6, 6.07) is 14.5. The number of hydrogen-bond acceptors (Lipinski definition) is 4. The number of nitrogens with two attached hydrogens (primary N) is 3. The topological polar surface area (TPSA) is 144 Å². The van der Waals surface area contributed by atoms with Crippen molar-refractivity contribution in [2.75, 3.05) is 11.1 Å². The van der Waals surface area contributed by atoms with Crippen molar-refractivity contribution >= 4 is 29.2 Å². The largest absolute Gasteiger partial charge is 0.397 e. The summed E-state index contributed by atoms with van der Waals surface area (Å²) >= 11 is 0. The first-order chi connectivity index (χ1) is 13.0. The molecular weight excluding hydrogens is 342 g/mol. The summed E-state index contributed by atoms with van der Waals surface area (Å²) in [6.07, 6.45) is 2.13. The number of carbonyl (C=O) groups is 1. The summed E-state index contributed by atoms with van der Waals surface area (Å²) in [4.78, 5) is 20.8. The van der Waals surface area contributed by atoms with E-state index in [1.165, 1.54) is 0 Å². The fourth-order valence-corrected chi connectivity index (χ4v) is 2.35. The van der Waals surface area contributed by atoms with Gasteiger partial charge in [0.2, 0.25) is 0 Å². The number of hydrogen-bond donors (Lipinski definition) is 5. The minimum Gasteiger partial charge on any atom is -0.397 e. The van der Waals surface area contributed by atoms with Crippen molar-refractivity contribution in [3.8, 4) is 0 Å². The minimum atomic E-state index is -0.229. The molecular formula is C19H23N7O. The Morgan fingerprint density at radius 2 is 1.74 bits per heavy atom. The molecule has 0 atom stereocenters. The Bertz CT molecular complexity index is 870. The zero-order valence-electron chi connectivity index (χ0n) is 14.9. The zero-order valence-corrected chi connectivity index (χ0v) is 14.9. The molecule has 0 aliphatic heterocycles. The lowest BCUT2D eigenvalue weighted by Crippen LogP contribution is -2.41. The first kappa shape index (κ1) is 18.2. The van der Waals surface area contributed by atoms with Crippen LogP contribution in [-0.2, 0) is 6.54 Å². The quantitative estimate of drug-likeness (QED) is 0.309. The normalized spacial score (nSPS) is 14.7. The molecule has 0 aromatic heterocycles. The van der Waals surface area contributed by atoms with Gasteiger partial charge in [-0.05, 0) is 42.7 Å². The summed E-state index contributed by atoms with van der Waals surface area (Å²) < 4.78 is 0. The summed E-state index contributed by atoms with van der Waals surface area (Å²) in [6.45, 7) is 0.364. The van der Waals surface area contributed by atoms with E-state index in [0.29, 0.717) is 29.5 Å². The molecule has 1 amide bonds. The molecule has 0 saturated heterocycles. The van der Waals surface area contributed by atoms with Crippen molar-refractivity contribution in [2.24, 2.45) is 21.5 Å². The van der Waals surface area contributed by atoms with Gasteiger partial charge in [-0.3, -0.25) is 10.1 Å². The van der Waals surface area contributed by atoms with Crippen LogP contribution < -0.4 is 27.8 Å². The molecule has 1 aliphatic rings. The molecule has 8 nitrogen and oxygen atoms in total. The number of benzene rings is 2. The van der Waals surface area contributed by atoms with Crippen LogP contribution in [-0.4, -0.2) is 23.9 Å². The van der Waals surface area contributed by atoms with Crippen LogP contribution in [0.3, 0.4) is 0 Å². The highest BCUT2D eigenvalue weighted by Crippen LogP contribution is 2.22. The third kappa shape index (κ3) is 5.46. The lowest BCUT2D eigenvalue weighted by Gasteiger charge is -2.08. The fourth-order valence-electron chi connectivity index (χ4n) is 2.35. The number of para-hydroxylation sites is 2. The first-order valence-corrected chi connectivity index (χ1v) is 8.66. The van der Waals surface area contributed by atoms with E-state index in [1.807, 2.05) is 24.3 Å². The number of aliphatic imine (C=N–C) groups is 2. The van der Waals surface area contributed by atoms with Crippen molar-refractivity contribution in [1.82, 2.24) is 5.32 Å². The smallest absolute Gasteiger partial charge is 0.255 e. The maximum Gasteiger partial charge on any atom is 0.255 e. The van der Waals surface area contributed by atoms with Crippen LogP contribution in [0.1, 0.15) is 28.8 Å². The van der Waals surface area contributed by atoms with Crippen LogP contribution in [0.25, 0.3) is 0 Å². The number of nitrogen functional groups attached to an aromatic ring is 1. The number of amides is 1. The Labute approximate surface area is 157 Å². The molecule has 140 valence electrons. The Kier molecular flexibility index (Phi) is 5.55. The Hall–Kier alpha value is -3.55. The molecule has 0 unspecified atom stereocenters. The van der Waals surface area contributed by atoms with Crippen LogP contribution in [0.5, 0.6) is 0 Å². The van der Waals surface area contributed by atoms with Gasteiger partial charge in [0.1, 0.15) is 0 Å². The summed E-state index contributed by atoms with van der Waals surface area (Å²) in [5.41, 5.74) is 19.9. The van der Waals surface area contributed by atoms with Crippen LogP contribution in [0, 0.1) is 0 Å². The maximum atomic E-state index is 12.3. The highest BCUT2D eigenvalue weighted by molar-refractivity contribution is 6.05. The second kappa shape index (κ2) is 8.22. The van der Waals surface area contributed by atoms with Crippen molar-refractivity contribution in [2.45, 2.75) is 25.4 Å². The van der Waals surface area contributed by atoms with Gasteiger partial charge in [-0.2, -0.15) is 0 Å². The molecule has 0 spiro atoms. The number of guanidine groups is 2. The minimum absolute atomic E-state index is 0.207. The van der Waals surface area contributed by atoms with E-state index < -0.39 is 0 Å². The monoisotopic (exact) mass is 365 g/mol. The Balaban J connectivity index is 1.55. The summed E-state index contributed by atoms with van der Waals surface area (Å²) in [5.74, 6) is 0.261. The lowest BCUT2D eigenvalue weighted by molar-refractivity contribution is 0.102. The average Bonchev–Trinajstić information content (AvgIpc) is 3.46. The van der Waals surface area contributed by atoms with Crippen LogP contribution in [0.15, 0.2) is 58.5 Å². The first-order valence-electron chi connectivity index (χ1n) is 8.66. The molecule has 3 rings (SSSR count). The van der Waals surface area contributed by atoms with E-state index in [4.69, 9.17) is 17.2 Å². The van der Waals surface area contributed by atoms with Gasteiger partial charge in [-0.15, -0.1) is 0 Å². The predicted octanol–water partition coefficient (Wildman–Crippen LogP) is 1.40. The summed E-state index contributed by atoms with van der Waals surface area (Å²) in [7, 11) is 0. The van der Waals surface area contributed by atoms with Crippen LogP contribution in [0.4, 0.5) is 11.4 Å². The van der Waals surface area contributed by atoms with E-state index in [0.717, 1.165) is 18.4 Å². The van der Waals surface area contributed by atoms with Gasteiger partial charge in [0.15, 0.2) is 11.9 Å². The van der Waals surface area contributed by atoms with Gasteiger partial charge in [-0.1, -0.05) is 24.3 Å². The number of anilines is 2. The van der Waals surface area contributed by atoms with Gasteiger partial charge in [0.25, 0.3) is 5.91 Å². The van der Waals surface area contributed by atoms with Gasteiger partial charge >= 0.3 is 0 Å². The van der Waals surface area contributed by atoms with Crippen molar-refractivity contribution in [3.63, 3.8) is 0 Å². The molecule has 2 aromatic rings. The second-order valence-electron chi connectivity index (χ2n) is 6.31. The van der Waals surface area contributed by atoms with E-state index >= 15 is 0 Å². The Morgan fingerprint density at radius 1 is 1.04 bits per heavy atom. The second-order valence-corrected chi connectivity index (χ2v) is 6.31. The summed E-state index contributed by atoms with van der Waals surface area (Å²) in [5, 5.41) is 5.55. The third-order valence-corrected chi connectivity index (χ3v) is 3.98. The molecule has 0 bridgehead atoms. The molecule has 1 fully saturated rings. The van der Waals surface area contributed by atoms with Crippen LogP contribution >= 0.6 is 0 Å². The molecule has 0 radical (unpaired) electrons. The Morgan fingerprint density at radius 3 is 2.41 bits per heavy atom. The predicted molar refractivity (Wildman–Crippen MR) is 108 cm³/mol. The van der Waals surface area contributed by atoms with Gasteiger partial charge in [0, 0.05) is 5.56 Å². The average molecular weight is 365 g/mol. The highest BCUT2D eigenvalue weighted by Gasteiger charge is 2.20. The van der Waals surface area contributed by atoms with Gasteiger partial charge in [0.05, 0.1) is 24.0 Å². The molecule has 8 N–H and O–H groups in total. The standard InChI is InChI=1S/C19H23N7O/c20-15-3-1-2-4-16(15)25-17(27)13-7-5-12(6-8-13)11-23-18(21)26-19(22)24-14-9-10-14/h1-8,14H,9-11,20H2,(H,25,27)(H5,21,22,23,24,26). The molecule has 0 heterocycles. The van der Waals surface area contributed by atoms with E-state index in [2.05, 4.69) is 20.6 Å². The highest BCUT2D eigenvalue weighted by atomic mass is 16.1. The SMILES string of the molecule is NC(=NCc1ccc(C(=O)Nc2ccccc2N)cc1)NC(N)=NC1CC1. The van der Waals surface area contributed by atoms with Crippen molar-refractivity contribution < 1.29 is 4.79 Å². The van der Waals surface area contributed by atoms with Gasteiger partial charge < -0.3 is 22.5 Å². The zero-order chi connectivity index (χ0) is 19.2. The molecule has 8 heteroatoms. The maximum absolute atomic E-state index is 12.3. The van der Waals surface area contributed by atoms with E-state index in [1.54, 1.807) is 24.3 Å². The van der Waals surface area contributed by atoms with Crippen LogP contribution in [0.2, 0.25) is 0 Å². The molecule has 1 aliphatic carbocycles. The lowest BCUT2D eigenvalue weighted by atomic mass is 10.1. The number of nitrogens with one attached hydrogen (secondary N) is 2. The van der Waals surface area contributed by atoms with E-state index in [-0.39, 0.29) is 17.8 Å². The third-order valence-electron chi connectivity index (χ3n) is 3.98. The number of carbonyl (C=O) groups excluding carboxylic acids is 1. The molecule has 1 saturated carbocycles. The van der Waals surface area contributed by atoms with E-state index in [9.17, 15) is 4.79 Å².